The van der Waals surface area contributed by atoms with Crippen molar-refractivity contribution in [1.82, 2.24) is 31.5 Å². The Morgan fingerprint density at radius 2 is 1.29 bits per heavy atom. The highest BCUT2D eigenvalue weighted by Gasteiger charge is 2.35. The third-order valence-corrected chi connectivity index (χ3v) is 5.31. The quantitative estimate of drug-likeness (QED) is 0.0371. The van der Waals surface area contributed by atoms with Gasteiger partial charge in [-0.05, 0) is 12.8 Å². The molecule has 212 valence electrons. The summed E-state index contributed by atoms with van der Waals surface area (Å²) >= 11 is 4.05. The van der Waals surface area contributed by atoms with Gasteiger partial charge < -0.3 is 37.1 Å². The van der Waals surface area contributed by atoms with Crippen LogP contribution in [0.4, 0.5) is 0 Å². The zero-order valence-electron chi connectivity index (χ0n) is 20.7. The van der Waals surface area contributed by atoms with E-state index in [-0.39, 0.29) is 63.5 Å². The van der Waals surface area contributed by atoms with Gasteiger partial charge in [-0.3, -0.25) is 43.3 Å². The number of primary amides is 1. The minimum Gasteiger partial charge on any atom is -0.368 e. The van der Waals surface area contributed by atoms with Crippen LogP contribution in [0, 0.1) is 0 Å². The van der Waals surface area contributed by atoms with E-state index < -0.39 is 47.9 Å². The van der Waals surface area contributed by atoms with Gasteiger partial charge in [-0.25, -0.2) is 0 Å². The van der Waals surface area contributed by atoms with Crippen molar-refractivity contribution in [3.8, 4) is 0 Å². The molecule has 1 fully saturated rings. The second kappa shape index (κ2) is 17.7. The summed E-state index contributed by atoms with van der Waals surface area (Å²) in [7, 11) is 0. The van der Waals surface area contributed by atoms with Crippen molar-refractivity contribution in [2.24, 2.45) is 5.73 Å². The predicted octanol–water partition coefficient (Wildman–Crippen LogP) is -4.36. The smallest absolute Gasteiger partial charge is 0.243 e. The normalized spacial score (nSPS) is 14.6. The first-order valence-electron chi connectivity index (χ1n) is 11.7. The van der Waals surface area contributed by atoms with Crippen LogP contribution in [0.1, 0.15) is 32.1 Å². The van der Waals surface area contributed by atoms with Gasteiger partial charge in [0.2, 0.25) is 47.3 Å². The number of unbranched alkanes of at least 4 members (excludes halogenated alkanes) is 2. The number of carbonyl (C=O) groups is 8. The Bertz CT molecular complexity index is 915. The van der Waals surface area contributed by atoms with Crippen LogP contribution in [0.15, 0.2) is 0 Å². The van der Waals surface area contributed by atoms with E-state index >= 15 is 0 Å². The molecule has 1 heterocycles. The number of thiol groups is 1. The van der Waals surface area contributed by atoms with Gasteiger partial charge >= 0.3 is 0 Å². The Hall–Kier alpha value is -3.73. The summed E-state index contributed by atoms with van der Waals surface area (Å²) in [5.41, 5.74) is 4.85. The Kier molecular flexibility index (Phi) is 15.0. The standard InChI is InChI=1S/C21H33N7O9S/c22-14(29)11-37-12-27-19(34)10-26-18(33)9-25-17(32)8-24-16(31)7-23-15(30)4-2-1-3-5-28-20(35)6-13(38)21(28)36/h13,38H,1-12H2,(H2,22,29)(H,23,30)(H,24,31)(H,25,32)(H,26,33)(H,27,34). The fraction of sp³-hybridized carbons (Fsp3) is 0.619. The average Bonchev–Trinajstić information content (AvgIpc) is 3.11. The maximum Gasteiger partial charge on any atom is 0.243 e. The molecule has 1 unspecified atom stereocenters. The van der Waals surface area contributed by atoms with E-state index in [1.54, 1.807) is 0 Å². The summed E-state index contributed by atoms with van der Waals surface area (Å²) in [6.45, 7) is -1.95. The molecule has 1 atom stereocenters. The fourth-order valence-corrected chi connectivity index (χ4v) is 3.27. The molecule has 1 aliphatic rings. The first-order valence-corrected chi connectivity index (χ1v) is 12.2. The first-order chi connectivity index (χ1) is 18.0. The number of rotatable bonds is 18. The van der Waals surface area contributed by atoms with Crippen molar-refractivity contribution < 1.29 is 43.1 Å². The van der Waals surface area contributed by atoms with E-state index in [2.05, 4.69) is 39.2 Å². The van der Waals surface area contributed by atoms with Crippen LogP contribution < -0.4 is 32.3 Å². The van der Waals surface area contributed by atoms with E-state index in [0.717, 1.165) is 0 Å². The van der Waals surface area contributed by atoms with Crippen LogP contribution in [-0.4, -0.2) is 103 Å². The minimum absolute atomic E-state index is 0.0999. The number of hydrogen-bond acceptors (Lipinski definition) is 10. The van der Waals surface area contributed by atoms with E-state index in [1.165, 1.54) is 4.90 Å². The van der Waals surface area contributed by atoms with Gasteiger partial charge in [-0.1, -0.05) is 6.42 Å². The van der Waals surface area contributed by atoms with Gasteiger partial charge in [0.25, 0.3) is 0 Å². The van der Waals surface area contributed by atoms with Crippen LogP contribution in [0.5, 0.6) is 0 Å². The summed E-state index contributed by atoms with van der Waals surface area (Å²) in [6.07, 6.45) is 1.92. The van der Waals surface area contributed by atoms with Crippen molar-refractivity contribution in [3.05, 3.63) is 0 Å². The number of hydrogen-bond donors (Lipinski definition) is 7. The first kappa shape index (κ1) is 32.3. The number of likely N-dealkylation sites (tertiary alicyclic amines) is 1. The van der Waals surface area contributed by atoms with E-state index in [9.17, 15) is 38.4 Å². The summed E-state index contributed by atoms with van der Waals surface area (Å²) in [5, 5.41) is 10.9. The molecule has 0 aromatic carbocycles. The molecule has 0 bridgehead atoms. The molecule has 0 spiro atoms. The molecule has 0 aliphatic carbocycles. The largest absolute Gasteiger partial charge is 0.368 e. The van der Waals surface area contributed by atoms with Gasteiger partial charge in [0.05, 0.1) is 31.4 Å². The average molecular weight is 560 g/mol. The number of carbonyl (C=O) groups excluding carboxylic acids is 8. The third-order valence-electron chi connectivity index (χ3n) is 4.91. The Morgan fingerprint density at radius 3 is 1.76 bits per heavy atom. The van der Waals surface area contributed by atoms with E-state index in [4.69, 9.17) is 10.5 Å². The van der Waals surface area contributed by atoms with Crippen LogP contribution >= 0.6 is 12.6 Å². The lowest BCUT2D eigenvalue weighted by atomic mass is 10.2. The molecule has 0 aromatic heterocycles. The molecule has 16 nitrogen and oxygen atoms in total. The van der Waals surface area contributed by atoms with Crippen molar-refractivity contribution in [3.63, 3.8) is 0 Å². The molecule has 17 heteroatoms. The second-order valence-corrected chi connectivity index (χ2v) is 8.70. The number of nitrogens with two attached hydrogens (primary N) is 1. The number of nitrogens with one attached hydrogen (secondary N) is 5. The van der Waals surface area contributed by atoms with Crippen molar-refractivity contribution in [2.75, 3.05) is 46.1 Å². The third kappa shape index (κ3) is 14.1. The molecule has 1 rings (SSSR count). The number of ether oxygens (including phenoxy) is 1. The van der Waals surface area contributed by atoms with Crippen LogP contribution in [-0.2, 0) is 43.1 Å². The highest BCUT2D eigenvalue weighted by Crippen LogP contribution is 2.18. The summed E-state index contributed by atoms with van der Waals surface area (Å²) in [5.74, 6) is -4.14. The summed E-state index contributed by atoms with van der Waals surface area (Å²) in [4.78, 5) is 93.6. The topological polar surface area (TPSA) is 235 Å². The monoisotopic (exact) mass is 559 g/mol. The Morgan fingerprint density at radius 1 is 0.789 bits per heavy atom. The molecule has 38 heavy (non-hydrogen) atoms. The molecular weight excluding hydrogens is 526 g/mol. The zero-order valence-corrected chi connectivity index (χ0v) is 21.6. The predicted molar refractivity (Wildman–Crippen MR) is 133 cm³/mol. The highest BCUT2D eigenvalue weighted by atomic mass is 32.1. The van der Waals surface area contributed by atoms with Gasteiger partial charge in [0, 0.05) is 19.4 Å². The summed E-state index contributed by atoms with van der Waals surface area (Å²) in [6, 6.07) is 0. The number of imide groups is 1. The molecule has 7 N–H and O–H groups in total. The summed E-state index contributed by atoms with van der Waals surface area (Å²) < 4.78 is 4.72. The van der Waals surface area contributed by atoms with Gasteiger partial charge in [0.1, 0.15) is 13.3 Å². The van der Waals surface area contributed by atoms with Crippen molar-refractivity contribution >= 4 is 59.9 Å². The molecule has 0 radical (unpaired) electrons. The minimum atomic E-state index is -0.700. The lowest BCUT2D eigenvalue weighted by Crippen LogP contribution is -2.45. The molecule has 1 aliphatic heterocycles. The Balaban J connectivity index is 2.04. The van der Waals surface area contributed by atoms with Crippen molar-refractivity contribution in [1.29, 1.82) is 0 Å². The van der Waals surface area contributed by atoms with Gasteiger partial charge in [0.15, 0.2) is 0 Å². The van der Waals surface area contributed by atoms with Crippen LogP contribution in [0.25, 0.3) is 0 Å². The highest BCUT2D eigenvalue weighted by molar-refractivity contribution is 7.81. The Labute approximate surface area is 223 Å². The number of nitrogens with zero attached hydrogens (tertiary/aromatic N) is 1. The van der Waals surface area contributed by atoms with Crippen molar-refractivity contribution in [2.45, 2.75) is 37.4 Å². The van der Waals surface area contributed by atoms with Crippen LogP contribution in [0.3, 0.4) is 0 Å². The molecule has 0 aromatic rings. The molecular formula is C21H33N7O9S. The van der Waals surface area contributed by atoms with E-state index in [1.807, 2.05) is 0 Å². The van der Waals surface area contributed by atoms with E-state index in [0.29, 0.717) is 19.3 Å². The lowest BCUT2D eigenvalue weighted by molar-refractivity contribution is -0.138. The second-order valence-electron chi connectivity index (χ2n) is 8.08. The SMILES string of the molecule is NC(=O)COCNC(=O)CNC(=O)CNC(=O)CNC(=O)CNC(=O)CCCCCN1C(=O)CC(S)C1=O. The van der Waals surface area contributed by atoms with Gasteiger partial charge in [-0.2, -0.15) is 12.6 Å². The number of amides is 8. The van der Waals surface area contributed by atoms with Crippen LogP contribution in [0.2, 0.25) is 0 Å². The lowest BCUT2D eigenvalue weighted by Gasteiger charge is -2.13. The molecule has 8 amide bonds. The maximum absolute atomic E-state index is 11.8. The fourth-order valence-electron chi connectivity index (χ4n) is 2.97. The maximum atomic E-state index is 11.8. The molecule has 1 saturated heterocycles. The molecule has 0 saturated carbocycles. The van der Waals surface area contributed by atoms with Gasteiger partial charge in [-0.15, -0.1) is 0 Å². The zero-order chi connectivity index (χ0) is 28.5.